The van der Waals surface area contributed by atoms with Crippen LogP contribution in [0.15, 0.2) is 264 Å². The van der Waals surface area contributed by atoms with Crippen LogP contribution in [0.3, 0.4) is 0 Å². The van der Waals surface area contributed by atoms with Gasteiger partial charge in [0.05, 0.1) is 33.7 Å². The molecule has 390 valence electrons. The number of rotatable bonds is 5. The average Bonchev–Trinajstić information content (AvgIpc) is 2.77. The predicted octanol–water partition coefficient (Wildman–Crippen LogP) is 15.7. The molecular formula is C74H51B2N5O2. The van der Waals surface area contributed by atoms with Crippen LogP contribution in [0.25, 0.3) is 49.4 Å². The van der Waals surface area contributed by atoms with Crippen LogP contribution in [0.5, 0.6) is 0 Å². The second-order valence-electron chi connectivity index (χ2n) is 23.6. The molecule has 7 nitrogen and oxygen atoms in total. The highest BCUT2D eigenvalue weighted by Gasteiger charge is 2.49. The Bertz CT molecular complexity index is 4700. The van der Waals surface area contributed by atoms with E-state index in [2.05, 4.69) is 300 Å². The van der Waals surface area contributed by atoms with E-state index in [1.165, 1.54) is 27.4 Å². The lowest BCUT2D eigenvalue weighted by molar-refractivity contribution is 0.590. The van der Waals surface area contributed by atoms with Crippen molar-refractivity contribution >= 4 is 159 Å². The van der Waals surface area contributed by atoms with Crippen LogP contribution in [0.4, 0.5) is 68.2 Å². The number of hydrogen-bond acceptors (Lipinski definition) is 6. The minimum absolute atomic E-state index is 0.0282. The SMILES string of the molecule is CC(C)(C)c1ccc(-n2c3cc4c(cc3c3cc5c(cc32)N(c2ccccc2)c2cccc3c2B5c2oc5ccccc5c2N3c2ccccc2)B2c3oc5ccccc5c3N(c3ccccc3)c3cccc(c32)N4c2ccccc2)cc1. The molecule has 0 bridgehead atoms. The smallest absolute Gasteiger partial charge is 0.297 e. The van der Waals surface area contributed by atoms with E-state index in [4.69, 9.17) is 8.83 Å². The first-order chi connectivity index (χ1) is 40.9. The third-order valence-corrected chi connectivity index (χ3v) is 18.0. The first-order valence-electron chi connectivity index (χ1n) is 28.8. The van der Waals surface area contributed by atoms with Gasteiger partial charge in [-0.15, -0.1) is 0 Å². The maximum atomic E-state index is 7.32. The summed E-state index contributed by atoms with van der Waals surface area (Å²) in [6.07, 6.45) is 0. The van der Waals surface area contributed by atoms with Gasteiger partial charge in [0.2, 0.25) is 0 Å². The molecule has 4 aliphatic rings. The van der Waals surface area contributed by atoms with Crippen molar-refractivity contribution in [2.75, 3.05) is 19.6 Å². The molecule has 14 aromatic rings. The lowest BCUT2D eigenvalue weighted by atomic mass is 9.35. The maximum Gasteiger partial charge on any atom is 0.297 e. The van der Waals surface area contributed by atoms with Crippen molar-refractivity contribution < 1.29 is 8.83 Å². The van der Waals surface area contributed by atoms with Crippen molar-refractivity contribution in [3.05, 3.63) is 260 Å². The molecule has 83 heavy (non-hydrogen) atoms. The van der Waals surface area contributed by atoms with Crippen molar-refractivity contribution in [2.24, 2.45) is 0 Å². The highest BCUT2D eigenvalue weighted by molar-refractivity contribution is 7.01. The van der Waals surface area contributed by atoms with Crippen LogP contribution in [0.1, 0.15) is 26.3 Å². The molecule has 0 saturated heterocycles. The van der Waals surface area contributed by atoms with Crippen molar-refractivity contribution in [3.8, 4) is 5.69 Å². The van der Waals surface area contributed by atoms with E-state index in [1.807, 2.05) is 0 Å². The van der Waals surface area contributed by atoms with Gasteiger partial charge in [-0.25, -0.2) is 0 Å². The molecule has 0 atom stereocenters. The van der Waals surface area contributed by atoms with Crippen molar-refractivity contribution in [3.63, 3.8) is 0 Å². The van der Waals surface area contributed by atoms with E-state index in [-0.39, 0.29) is 18.8 Å². The van der Waals surface area contributed by atoms with Crippen LogP contribution in [0.2, 0.25) is 0 Å². The molecule has 0 spiro atoms. The molecule has 7 heterocycles. The first-order valence-corrected chi connectivity index (χ1v) is 28.8. The molecule has 11 aromatic carbocycles. The quantitative estimate of drug-likeness (QED) is 0.160. The van der Waals surface area contributed by atoms with Gasteiger partial charge < -0.3 is 33.0 Å². The molecular weight excluding hydrogens is 1010 g/mol. The minimum atomic E-state index is -0.242. The van der Waals surface area contributed by atoms with Crippen molar-refractivity contribution in [2.45, 2.75) is 26.2 Å². The van der Waals surface area contributed by atoms with Gasteiger partial charge in [0, 0.05) is 84.1 Å². The Hall–Kier alpha value is -10.4. The zero-order valence-corrected chi connectivity index (χ0v) is 46.0. The number of fused-ring (bicyclic) bond motifs is 15. The number of aromatic nitrogens is 1. The normalized spacial score (nSPS) is 13.8. The zero-order chi connectivity index (χ0) is 54.8. The van der Waals surface area contributed by atoms with Gasteiger partial charge in [0.25, 0.3) is 13.4 Å². The number of furan rings is 2. The lowest BCUT2D eigenvalue weighted by Gasteiger charge is -2.42. The summed E-state index contributed by atoms with van der Waals surface area (Å²) in [5.41, 5.74) is 26.2. The summed E-state index contributed by atoms with van der Waals surface area (Å²) in [6.45, 7) is 6.39. The standard InChI is InChI=1S/C74H51B2N5O2/c1-74(2,3)46-38-40-51(41-39-46)79-62-44-64-56(75-68-58(77(64)47-22-8-4-9-23-47)32-20-34-60(68)80(49-26-12-6-13-27-49)70-52-30-16-18-36-66(52)82-72(70)75)42-54(62)55-43-57-65(45-63(55)79)78(48-24-10-5-11-25-48)59-33-21-35-61-69(59)76(57)73-71(53-31-17-19-37-67(53)83-73)81(61)50-28-14-7-15-29-50/h4-45H,1-3H3. The molecule has 0 amide bonds. The second kappa shape index (κ2) is 17.1. The topological polar surface area (TPSA) is 44.2 Å². The molecule has 9 heteroatoms. The van der Waals surface area contributed by atoms with Crippen LogP contribution in [-0.2, 0) is 5.41 Å². The van der Waals surface area contributed by atoms with Gasteiger partial charge in [0.1, 0.15) is 11.2 Å². The average molecular weight is 1060 g/mol. The Morgan fingerprint density at radius 3 is 1.07 bits per heavy atom. The highest BCUT2D eigenvalue weighted by atomic mass is 16.3. The fraction of sp³-hybridized carbons (Fsp3) is 0.0541. The number of anilines is 12. The summed E-state index contributed by atoms with van der Waals surface area (Å²) in [6, 6.07) is 93.4. The molecule has 0 aliphatic carbocycles. The van der Waals surface area contributed by atoms with Crippen molar-refractivity contribution in [1.29, 1.82) is 0 Å². The minimum Gasteiger partial charge on any atom is -0.468 e. The number of para-hydroxylation sites is 6. The third-order valence-electron chi connectivity index (χ3n) is 18.0. The van der Waals surface area contributed by atoms with Gasteiger partial charge in [0.15, 0.2) is 0 Å². The highest BCUT2D eigenvalue weighted by Crippen LogP contribution is 2.51. The van der Waals surface area contributed by atoms with Crippen LogP contribution >= 0.6 is 0 Å². The van der Waals surface area contributed by atoms with Gasteiger partial charge in [-0.2, -0.15) is 0 Å². The molecule has 0 radical (unpaired) electrons. The summed E-state index contributed by atoms with van der Waals surface area (Å²) in [4.78, 5) is 9.86. The maximum absolute atomic E-state index is 7.32. The van der Waals surface area contributed by atoms with Gasteiger partial charge >= 0.3 is 0 Å². The van der Waals surface area contributed by atoms with Crippen LogP contribution in [-0.4, -0.2) is 18.0 Å². The van der Waals surface area contributed by atoms with Crippen LogP contribution in [0, 0.1) is 0 Å². The Labute approximate surface area is 481 Å². The van der Waals surface area contributed by atoms with Crippen molar-refractivity contribution in [1.82, 2.24) is 4.57 Å². The van der Waals surface area contributed by atoms with Gasteiger partial charge in [-0.3, -0.25) is 0 Å². The molecule has 0 saturated carbocycles. The summed E-state index contributed by atoms with van der Waals surface area (Å²) in [5.74, 6) is 0. The Kier molecular flexibility index (Phi) is 9.55. The second-order valence-corrected chi connectivity index (χ2v) is 23.6. The van der Waals surface area contributed by atoms with Crippen LogP contribution < -0.4 is 52.8 Å². The fourth-order valence-corrected chi connectivity index (χ4v) is 14.5. The summed E-state index contributed by atoms with van der Waals surface area (Å²) in [5, 5.41) is 4.50. The number of benzene rings is 11. The molecule has 3 aromatic heterocycles. The van der Waals surface area contributed by atoms with E-state index in [9.17, 15) is 0 Å². The molecule has 0 unspecified atom stereocenters. The molecule has 18 rings (SSSR count). The number of hydrogen-bond donors (Lipinski definition) is 0. The van der Waals surface area contributed by atoms with Gasteiger partial charge in [-0.1, -0.05) is 154 Å². The Morgan fingerprint density at radius 2 is 0.675 bits per heavy atom. The fourth-order valence-electron chi connectivity index (χ4n) is 14.5. The lowest BCUT2D eigenvalue weighted by Crippen LogP contribution is -2.61. The largest absolute Gasteiger partial charge is 0.468 e. The van der Waals surface area contributed by atoms with E-state index >= 15 is 0 Å². The third kappa shape index (κ3) is 6.47. The Balaban J connectivity index is 0.977. The summed E-state index contributed by atoms with van der Waals surface area (Å²) >= 11 is 0. The predicted molar refractivity (Wildman–Crippen MR) is 347 cm³/mol. The molecule has 4 aliphatic heterocycles. The Morgan fingerprint density at radius 1 is 0.313 bits per heavy atom. The molecule has 0 N–H and O–H groups in total. The van der Waals surface area contributed by atoms with E-state index in [0.717, 1.165) is 129 Å². The van der Waals surface area contributed by atoms with E-state index in [0.29, 0.717) is 0 Å². The van der Waals surface area contributed by atoms with E-state index in [1.54, 1.807) is 0 Å². The van der Waals surface area contributed by atoms with E-state index < -0.39 is 0 Å². The monoisotopic (exact) mass is 1060 g/mol. The summed E-state index contributed by atoms with van der Waals surface area (Å²) < 4.78 is 17.2. The van der Waals surface area contributed by atoms with Gasteiger partial charge in [-0.05, 0) is 154 Å². The summed E-state index contributed by atoms with van der Waals surface area (Å²) in [7, 11) is 0. The zero-order valence-electron chi connectivity index (χ0n) is 46.0. The molecule has 0 fully saturated rings. The number of nitrogens with zero attached hydrogens (tertiary/aromatic N) is 5. The first kappa shape index (κ1) is 46.4.